The van der Waals surface area contributed by atoms with Gasteiger partial charge in [0.15, 0.2) is 0 Å². The fourth-order valence-corrected chi connectivity index (χ4v) is 2.19. The molecule has 0 amide bonds. The van der Waals surface area contributed by atoms with Crippen molar-refractivity contribution in [1.29, 1.82) is 0 Å². The molecule has 102 valence electrons. The lowest BCUT2D eigenvalue weighted by atomic mass is 10.2. The third-order valence-corrected chi connectivity index (χ3v) is 3.48. The van der Waals surface area contributed by atoms with E-state index >= 15 is 0 Å². The standard InChI is InChI=1S/C10H17N3O4S/c1-13-9(8(6-12-13)10(14)15)7-11-4-3-5-18(2,16)17/h6,11H,3-5,7H2,1-2H3,(H,14,15). The number of aryl methyl sites for hydroxylation is 1. The SMILES string of the molecule is Cn1ncc(C(=O)O)c1CNCCCS(C)(=O)=O. The van der Waals surface area contributed by atoms with Crippen LogP contribution in [0.4, 0.5) is 0 Å². The van der Waals surface area contributed by atoms with Gasteiger partial charge in [-0.25, -0.2) is 13.2 Å². The summed E-state index contributed by atoms with van der Waals surface area (Å²) in [4.78, 5) is 10.9. The Morgan fingerprint density at radius 1 is 1.56 bits per heavy atom. The van der Waals surface area contributed by atoms with E-state index in [0.29, 0.717) is 25.2 Å². The number of rotatable bonds is 7. The summed E-state index contributed by atoms with van der Waals surface area (Å²) in [5.41, 5.74) is 0.731. The molecule has 0 bridgehead atoms. The molecule has 0 saturated carbocycles. The van der Waals surface area contributed by atoms with Crippen LogP contribution in [0.5, 0.6) is 0 Å². The van der Waals surface area contributed by atoms with Gasteiger partial charge in [0.25, 0.3) is 0 Å². The molecular weight excluding hydrogens is 258 g/mol. The van der Waals surface area contributed by atoms with Gasteiger partial charge in [-0.1, -0.05) is 0 Å². The lowest BCUT2D eigenvalue weighted by Crippen LogP contribution is -2.20. The molecule has 7 nitrogen and oxygen atoms in total. The van der Waals surface area contributed by atoms with Crippen molar-refractivity contribution < 1.29 is 18.3 Å². The summed E-state index contributed by atoms with van der Waals surface area (Å²) in [6, 6.07) is 0. The third kappa shape index (κ3) is 4.46. The molecule has 0 unspecified atom stereocenters. The van der Waals surface area contributed by atoms with Crippen LogP contribution < -0.4 is 5.32 Å². The first-order chi connectivity index (χ1) is 8.31. The number of carboxylic acid groups (broad SMARTS) is 1. The molecule has 0 aliphatic heterocycles. The molecule has 0 atom stereocenters. The van der Waals surface area contributed by atoms with Gasteiger partial charge < -0.3 is 10.4 Å². The number of aromatic carboxylic acids is 1. The van der Waals surface area contributed by atoms with Crippen LogP contribution in [0.3, 0.4) is 0 Å². The monoisotopic (exact) mass is 275 g/mol. The molecule has 1 heterocycles. The molecule has 1 rings (SSSR count). The Morgan fingerprint density at radius 3 is 2.78 bits per heavy atom. The van der Waals surface area contributed by atoms with Crippen LogP contribution in [0.1, 0.15) is 22.5 Å². The van der Waals surface area contributed by atoms with Gasteiger partial charge in [0.05, 0.1) is 17.6 Å². The second kappa shape index (κ2) is 5.96. The van der Waals surface area contributed by atoms with Gasteiger partial charge in [0.2, 0.25) is 0 Å². The third-order valence-electron chi connectivity index (χ3n) is 2.45. The summed E-state index contributed by atoms with van der Waals surface area (Å²) in [7, 11) is -1.27. The number of hydrogen-bond donors (Lipinski definition) is 2. The molecule has 0 fully saturated rings. The van der Waals surface area contributed by atoms with Crippen LogP contribution in [0.2, 0.25) is 0 Å². The van der Waals surface area contributed by atoms with E-state index in [0.717, 1.165) is 0 Å². The maximum atomic E-state index is 10.9. The van der Waals surface area contributed by atoms with Crippen molar-refractivity contribution in [3.63, 3.8) is 0 Å². The van der Waals surface area contributed by atoms with Gasteiger partial charge in [0, 0.05) is 19.8 Å². The summed E-state index contributed by atoms with van der Waals surface area (Å²) in [5, 5.41) is 15.8. The minimum atomic E-state index is -2.94. The molecule has 0 radical (unpaired) electrons. The van der Waals surface area contributed by atoms with Crippen molar-refractivity contribution in [2.24, 2.45) is 7.05 Å². The van der Waals surface area contributed by atoms with Gasteiger partial charge in [-0.3, -0.25) is 4.68 Å². The summed E-state index contributed by atoms with van der Waals surface area (Å²) in [5.74, 6) is -0.895. The molecule has 8 heteroatoms. The van der Waals surface area contributed by atoms with Crippen LogP contribution in [0.15, 0.2) is 6.20 Å². The molecule has 1 aromatic heterocycles. The largest absolute Gasteiger partial charge is 0.478 e. The molecule has 0 spiro atoms. The maximum Gasteiger partial charge on any atom is 0.339 e. The van der Waals surface area contributed by atoms with Crippen molar-refractivity contribution in [3.05, 3.63) is 17.5 Å². The van der Waals surface area contributed by atoms with Crippen LogP contribution in [-0.4, -0.2) is 47.8 Å². The summed E-state index contributed by atoms with van der Waals surface area (Å²) in [6.45, 7) is 0.860. The minimum Gasteiger partial charge on any atom is -0.478 e. The zero-order chi connectivity index (χ0) is 13.8. The Hall–Kier alpha value is -1.41. The van der Waals surface area contributed by atoms with Crippen molar-refractivity contribution >= 4 is 15.8 Å². The second-order valence-corrected chi connectivity index (χ2v) is 6.35. The highest BCUT2D eigenvalue weighted by Crippen LogP contribution is 2.06. The fourth-order valence-electron chi connectivity index (χ4n) is 1.52. The average molecular weight is 275 g/mol. The Kier molecular flexibility index (Phi) is 4.85. The molecule has 18 heavy (non-hydrogen) atoms. The predicted molar refractivity (Wildman–Crippen MR) is 66.2 cm³/mol. The Balaban J connectivity index is 2.45. The van der Waals surface area contributed by atoms with Crippen LogP contribution in [0.25, 0.3) is 0 Å². The van der Waals surface area contributed by atoms with Crippen LogP contribution in [0, 0.1) is 0 Å². The van der Waals surface area contributed by atoms with E-state index in [1.165, 1.54) is 17.1 Å². The van der Waals surface area contributed by atoms with Gasteiger partial charge in [-0.15, -0.1) is 0 Å². The van der Waals surface area contributed by atoms with E-state index in [1.807, 2.05) is 0 Å². The summed E-state index contributed by atoms with van der Waals surface area (Å²) < 4.78 is 23.3. The molecule has 2 N–H and O–H groups in total. The minimum absolute atomic E-state index is 0.122. The van der Waals surface area contributed by atoms with Crippen LogP contribution in [-0.2, 0) is 23.4 Å². The van der Waals surface area contributed by atoms with E-state index in [4.69, 9.17) is 5.11 Å². The molecule has 0 aliphatic carbocycles. The highest BCUT2D eigenvalue weighted by atomic mass is 32.2. The number of aromatic nitrogens is 2. The number of hydrogen-bond acceptors (Lipinski definition) is 5. The highest BCUT2D eigenvalue weighted by molar-refractivity contribution is 7.90. The molecule has 0 aromatic carbocycles. The molecule has 0 saturated heterocycles. The zero-order valence-corrected chi connectivity index (χ0v) is 11.2. The van der Waals surface area contributed by atoms with E-state index in [-0.39, 0.29) is 11.3 Å². The first-order valence-corrected chi connectivity index (χ1v) is 7.50. The summed E-state index contributed by atoms with van der Waals surface area (Å²) >= 11 is 0. The zero-order valence-electron chi connectivity index (χ0n) is 10.4. The Labute approximate surface area is 106 Å². The number of nitrogens with one attached hydrogen (secondary N) is 1. The Morgan fingerprint density at radius 2 is 2.22 bits per heavy atom. The molecular formula is C10H17N3O4S. The van der Waals surface area contributed by atoms with Gasteiger partial charge in [-0.2, -0.15) is 5.10 Å². The first kappa shape index (κ1) is 14.7. The van der Waals surface area contributed by atoms with Gasteiger partial charge >= 0.3 is 5.97 Å². The van der Waals surface area contributed by atoms with E-state index in [9.17, 15) is 13.2 Å². The molecule has 0 aliphatic rings. The van der Waals surface area contributed by atoms with Crippen LogP contribution >= 0.6 is 0 Å². The average Bonchev–Trinajstić information content (AvgIpc) is 2.58. The normalized spacial score (nSPS) is 11.7. The van der Waals surface area contributed by atoms with Crippen molar-refractivity contribution in [2.75, 3.05) is 18.6 Å². The topological polar surface area (TPSA) is 101 Å². The number of carboxylic acids is 1. The first-order valence-electron chi connectivity index (χ1n) is 5.44. The number of sulfone groups is 1. The highest BCUT2D eigenvalue weighted by Gasteiger charge is 2.14. The van der Waals surface area contributed by atoms with Crippen molar-refractivity contribution in [3.8, 4) is 0 Å². The van der Waals surface area contributed by atoms with Crippen molar-refractivity contribution in [2.45, 2.75) is 13.0 Å². The maximum absolute atomic E-state index is 10.9. The fraction of sp³-hybridized carbons (Fsp3) is 0.600. The number of carbonyl (C=O) groups is 1. The van der Waals surface area contributed by atoms with E-state index in [2.05, 4.69) is 10.4 Å². The summed E-state index contributed by atoms with van der Waals surface area (Å²) in [6.07, 6.45) is 2.99. The van der Waals surface area contributed by atoms with Gasteiger partial charge in [-0.05, 0) is 13.0 Å². The predicted octanol–water partition coefficient (Wildman–Crippen LogP) is -0.357. The lowest BCUT2D eigenvalue weighted by molar-refractivity contribution is 0.0695. The second-order valence-electron chi connectivity index (χ2n) is 4.09. The number of nitrogens with zero attached hydrogens (tertiary/aromatic N) is 2. The quantitative estimate of drug-likeness (QED) is 0.659. The lowest BCUT2D eigenvalue weighted by Gasteiger charge is -2.06. The smallest absolute Gasteiger partial charge is 0.339 e. The molecule has 1 aromatic rings. The van der Waals surface area contributed by atoms with E-state index in [1.54, 1.807) is 7.05 Å². The Bertz CT molecular complexity index is 521. The van der Waals surface area contributed by atoms with Crippen molar-refractivity contribution in [1.82, 2.24) is 15.1 Å². The van der Waals surface area contributed by atoms with E-state index < -0.39 is 15.8 Å². The van der Waals surface area contributed by atoms with Gasteiger partial charge in [0.1, 0.15) is 15.4 Å².